The third-order valence-electron chi connectivity index (χ3n) is 4.66. The van der Waals surface area contributed by atoms with Crippen molar-refractivity contribution in [1.29, 1.82) is 0 Å². The molecule has 0 aromatic heterocycles. The number of allylic oxidation sites excluding steroid dienone is 4. The zero-order chi connectivity index (χ0) is 20.3. The number of hydrogen-bond acceptors (Lipinski definition) is 2. The van der Waals surface area contributed by atoms with Crippen molar-refractivity contribution in [2.24, 2.45) is 0 Å². The highest BCUT2D eigenvalue weighted by Gasteiger charge is 2.01. The van der Waals surface area contributed by atoms with Crippen LogP contribution >= 0.6 is 0 Å². The molecule has 3 nitrogen and oxygen atoms in total. The first-order valence-corrected chi connectivity index (χ1v) is 10.9. The Morgan fingerprint density at radius 3 is 2.32 bits per heavy atom. The van der Waals surface area contributed by atoms with Gasteiger partial charge in [0.2, 0.25) is 5.91 Å². The van der Waals surface area contributed by atoms with Crippen molar-refractivity contribution < 1.29 is 9.59 Å². The van der Waals surface area contributed by atoms with Gasteiger partial charge in [0.05, 0.1) is 0 Å². The van der Waals surface area contributed by atoms with Crippen molar-refractivity contribution >= 4 is 11.7 Å². The maximum Gasteiger partial charge on any atom is 0.220 e. The summed E-state index contributed by atoms with van der Waals surface area (Å²) in [5.41, 5.74) is 1.13. The van der Waals surface area contributed by atoms with Gasteiger partial charge in [-0.2, -0.15) is 0 Å². The van der Waals surface area contributed by atoms with Gasteiger partial charge in [0.25, 0.3) is 0 Å². The van der Waals surface area contributed by atoms with Crippen LogP contribution in [0.25, 0.3) is 0 Å². The molecule has 3 heteroatoms. The van der Waals surface area contributed by atoms with E-state index in [0.29, 0.717) is 19.4 Å². The van der Waals surface area contributed by atoms with E-state index in [1.807, 2.05) is 42.5 Å². The highest BCUT2D eigenvalue weighted by atomic mass is 16.1. The summed E-state index contributed by atoms with van der Waals surface area (Å²) in [6, 6.07) is 9.96. The topological polar surface area (TPSA) is 46.2 Å². The van der Waals surface area contributed by atoms with Crippen molar-refractivity contribution in [3.63, 3.8) is 0 Å². The molecule has 0 saturated carbocycles. The zero-order valence-corrected chi connectivity index (χ0v) is 17.5. The Balaban J connectivity index is 1.93. The molecule has 0 aliphatic rings. The second-order valence-electron chi connectivity index (χ2n) is 7.28. The number of nitrogens with one attached hydrogen (secondary N) is 1. The lowest BCUT2D eigenvalue weighted by Gasteiger charge is -2.05. The molecule has 1 aromatic carbocycles. The average molecular weight is 384 g/mol. The molecule has 1 rings (SSSR count). The second kappa shape index (κ2) is 17.0. The first-order valence-electron chi connectivity index (χ1n) is 10.9. The van der Waals surface area contributed by atoms with Crippen molar-refractivity contribution in [3.05, 3.63) is 60.2 Å². The summed E-state index contributed by atoms with van der Waals surface area (Å²) < 4.78 is 0. The van der Waals surface area contributed by atoms with Crippen LogP contribution in [0.15, 0.2) is 54.6 Å². The van der Waals surface area contributed by atoms with Gasteiger partial charge in [0.15, 0.2) is 5.78 Å². The first-order chi connectivity index (χ1) is 13.7. The largest absolute Gasteiger partial charge is 0.352 e. The van der Waals surface area contributed by atoms with E-state index in [-0.39, 0.29) is 11.7 Å². The number of unbranched alkanes of at least 4 members (excludes halogenated alkanes) is 7. The quantitative estimate of drug-likeness (QED) is 0.207. The summed E-state index contributed by atoms with van der Waals surface area (Å²) >= 11 is 0. The van der Waals surface area contributed by atoms with Gasteiger partial charge in [-0.05, 0) is 37.3 Å². The van der Waals surface area contributed by atoms with Crippen molar-refractivity contribution in [2.75, 3.05) is 0 Å². The van der Waals surface area contributed by atoms with E-state index >= 15 is 0 Å². The Morgan fingerprint density at radius 2 is 1.57 bits per heavy atom. The molecule has 1 amide bonds. The van der Waals surface area contributed by atoms with Gasteiger partial charge < -0.3 is 5.32 Å². The van der Waals surface area contributed by atoms with E-state index in [2.05, 4.69) is 18.3 Å². The van der Waals surface area contributed by atoms with Gasteiger partial charge >= 0.3 is 0 Å². The Labute approximate surface area is 171 Å². The Bertz CT molecular complexity index is 590. The standard InChI is InChI=1S/C25H37NO2/c1-2-3-4-5-6-8-14-19-24(27)20-15-9-7-10-16-21-25(28)26-22-23-17-12-11-13-18-23/h6,8,11-14,17-19H,2-5,7,9-10,15-16,20-22H2,1H3,(H,26,28)/b8-6+,19-14+. The lowest BCUT2D eigenvalue weighted by atomic mass is 10.1. The Morgan fingerprint density at radius 1 is 0.857 bits per heavy atom. The predicted molar refractivity (Wildman–Crippen MR) is 118 cm³/mol. The minimum Gasteiger partial charge on any atom is -0.352 e. The van der Waals surface area contributed by atoms with E-state index in [9.17, 15) is 9.59 Å². The summed E-state index contributed by atoms with van der Waals surface area (Å²) in [5, 5.41) is 2.96. The fourth-order valence-electron chi connectivity index (χ4n) is 2.93. The Kier molecular flexibility index (Phi) is 14.5. The van der Waals surface area contributed by atoms with Crippen LogP contribution in [-0.2, 0) is 16.1 Å². The van der Waals surface area contributed by atoms with Gasteiger partial charge in [-0.25, -0.2) is 0 Å². The predicted octanol–water partition coefficient (Wildman–Crippen LogP) is 6.30. The molecule has 0 heterocycles. The molecular formula is C25H37NO2. The number of carbonyl (C=O) groups is 2. The van der Waals surface area contributed by atoms with Crippen LogP contribution in [0, 0.1) is 0 Å². The van der Waals surface area contributed by atoms with Crippen LogP contribution in [0.2, 0.25) is 0 Å². The Hall–Kier alpha value is -2.16. The van der Waals surface area contributed by atoms with Crippen molar-refractivity contribution in [3.8, 4) is 0 Å². The molecule has 0 saturated heterocycles. The highest BCUT2D eigenvalue weighted by Crippen LogP contribution is 2.08. The summed E-state index contributed by atoms with van der Waals surface area (Å²) in [6.45, 7) is 2.80. The number of hydrogen-bond donors (Lipinski definition) is 1. The van der Waals surface area contributed by atoms with E-state index in [1.54, 1.807) is 6.08 Å². The van der Waals surface area contributed by atoms with Crippen LogP contribution < -0.4 is 5.32 Å². The second-order valence-corrected chi connectivity index (χ2v) is 7.28. The maximum absolute atomic E-state index is 11.8. The fourth-order valence-corrected chi connectivity index (χ4v) is 2.93. The molecular weight excluding hydrogens is 346 g/mol. The van der Waals surface area contributed by atoms with Gasteiger partial charge in [-0.3, -0.25) is 9.59 Å². The number of rotatable bonds is 16. The molecule has 154 valence electrons. The molecule has 28 heavy (non-hydrogen) atoms. The summed E-state index contributed by atoms with van der Waals surface area (Å²) in [7, 11) is 0. The third-order valence-corrected chi connectivity index (χ3v) is 4.66. The molecule has 0 radical (unpaired) electrons. The molecule has 0 aliphatic carbocycles. The van der Waals surface area contributed by atoms with Crippen LogP contribution in [0.3, 0.4) is 0 Å². The van der Waals surface area contributed by atoms with Gasteiger partial charge in [-0.15, -0.1) is 0 Å². The molecule has 0 fully saturated rings. The molecule has 1 N–H and O–H groups in total. The van der Waals surface area contributed by atoms with Crippen molar-refractivity contribution in [2.45, 2.75) is 84.1 Å². The number of amides is 1. The van der Waals surface area contributed by atoms with Gasteiger partial charge in [-0.1, -0.05) is 87.6 Å². The molecule has 0 bridgehead atoms. The summed E-state index contributed by atoms with van der Waals surface area (Å²) in [4.78, 5) is 23.6. The summed E-state index contributed by atoms with van der Waals surface area (Å²) in [6.07, 6.45) is 18.7. The lowest BCUT2D eigenvalue weighted by molar-refractivity contribution is -0.121. The first kappa shape index (κ1) is 23.9. The summed E-state index contributed by atoms with van der Waals surface area (Å²) in [5.74, 6) is 0.324. The number of benzene rings is 1. The minimum absolute atomic E-state index is 0.118. The van der Waals surface area contributed by atoms with Gasteiger partial charge in [0.1, 0.15) is 0 Å². The molecule has 0 spiro atoms. The van der Waals surface area contributed by atoms with E-state index < -0.39 is 0 Å². The SMILES string of the molecule is CCCCC/C=C/C=C/C(=O)CCCCCCCC(=O)NCc1ccccc1. The average Bonchev–Trinajstić information content (AvgIpc) is 2.71. The zero-order valence-electron chi connectivity index (χ0n) is 17.5. The van der Waals surface area contributed by atoms with Crippen LogP contribution in [-0.4, -0.2) is 11.7 Å². The number of carbonyl (C=O) groups excluding carboxylic acids is 2. The molecule has 1 aromatic rings. The normalized spacial score (nSPS) is 11.3. The highest BCUT2D eigenvalue weighted by molar-refractivity contribution is 5.89. The molecule has 0 unspecified atom stereocenters. The molecule has 0 aliphatic heterocycles. The van der Waals surface area contributed by atoms with Crippen LogP contribution in [0.5, 0.6) is 0 Å². The minimum atomic E-state index is 0.118. The van der Waals surface area contributed by atoms with Crippen LogP contribution in [0.4, 0.5) is 0 Å². The van der Waals surface area contributed by atoms with Gasteiger partial charge in [0, 0.05) is 19.4 Å². The maximum atomic E-state index is 11.8. The van der Waals surface area contributed by atoms with Crippen LogP contribution in [0.1, 0.15) is 83.1 Å². The van der Waals surface area contributed by atoms with E-state index in [0.717, 1.165) is 44.1 Å². The smallest absolute Gasteiger partial charge is 0.220 e. The van der Waals surface area contributed by atoms with E-state index in [4.69, 9.17) is 0 Å². The van der Waals surface area contributed by atoms with E-state index in [1.165, 1.54) is 19.3 Å². The fraction of sp³-hybridized carbons (Fsp3) is 0.520. The third kappa shape index (κ3) is 14.0. The lowest BCUT2D eigenvalue weighted by Crippen LogP contribution is -2.22. The number of ketones is 1. The monoisotopic (exact) mass is 383 g/mol. The molecule has 0 atom stereocenters. The van der Waals surface area contributed by atoms with Crippen molar-refractivity contribution in [1.82, 2.24) is 5.32 Å².